The molecular formula is C27H24ClN5OS. The highest BCUT2D eigenvalue weighted by Gasteiger charge is 2.12. The summed E-state index contributed by atoms with van der Waals surface area (Å²) in [7, 11) is 0. The van der Waals surface area contributed by atoms with E-state index < -0.39 is 0 Å². The first-order valence-electron chi connectivity index (χ1n) is 11.4. The van der Waals surface area contributed by atoms with Crippen LogP contribution in [0.25, 0.3) is 11.3 Å². The minimum absolute atomic E-state index is 0.259. The number of amides is 1. The van der Waals surface area contributed by atoms with Crippen LogP contribution in [-0.4, -0.2) is 30.2 Å². The molecule has 0 saturated carbocycles. The number of anilines is 3. The van der Waals surface area contributed by atoms with E-state index in [1.807, 2.05) is 53.9 Å². The predicted octanol–water partition coefficient (Wildman–Crippen LogP) is 6.57. The van der Waals surface area contributed by atoms with Crippen molar-refractivity contribution in [1.29, 1.82) is 0 Å². The molecule has 1 fully saturated rings. The molecule has 0 unspecified atom stereocenters. The monoisotopic (exact) mass is 501 g/mol. The fourth-order valence-electron chi connectivity index (χ4n) is 3.89. The van der Waals surface area contributed by atoms with E-state index in [0.717, 1.165) is 40.7 Å². The number of benzene rings is 3. The van der Waals surface area contributed by atoms with Gasteiger partial charge in [0.25, 0.3) is 5.91 Å². The lowest BCUT2D eigenvalue weighted by atomic mass is 10.1. The first kappa shape index (κ1) is 23.1. The third-order valence-electron chi connectivity index (χ3n) is 5.79. The molecule has 176 valence electrons. The molecule has 1 aliphatic rings. The summed E-state index contributed by atoms with van der Waals surface area (Å²) in [5.74, 6) is -0.259. The van der Waals surface area contributed by atoms with Gasteiger partial charge in [-0.25, -0.2) is 10.4 Å². The molecule has 0 aliphatic carbocycles. The van der Waals surface area contributed by atoms with Crippen molar-refractivity contribution in [1.82, 2.24) is 10.4 Å². The van der Waals surface area contributed by atoms with E-state index in [2.05, 4.69) is 37.9 Å². The van der Waals surface area contributed by atoms with Crippen LogP contribution in [0.15, 0.2) is 83.3 Å². The number of thiazole rings is 1. The summed E-state index contributed by atoms with van der Waals surface area (Å²) in [6, 6.07) is 23.0. The van der Waals surface area contributed by atoms with Crippen molar-refractivity contribution in [3.8, 4) is 11.3 Å². The largest absolute Gasteiger partial charge is 0.372 e. The van der Waals surface area contributed by atoms with E-state index in [0.29, 0.717) is 10.6 Å². The van der Waals surface area contributed by atoms with Gasteiger partial charge in [-0.2, -0.15) is 5.10 Å². The van der Waals surface area contributed by atoms with E-state index >= 15 is 0 Å². The SMILES string of the molecule is O=C(N/N=C\c1ccc(N2CCCC2)cc1)c1ccc(-c2csc(Nc3ccc(Cl)cc3)n2)cc1. The number of carbonyl (C=O) groups is 1. The van der Waals surface area contributed by atoms with E-state index in [1.54, 1.807) is 18.3 Å². The first-order valence-corrected chi connectivity index (χ1v) is 12.7. The van der Waals surface area contributed by atoms with Gasteiger partial charge in [0.05, 0.1) is 11.9 Å². The van der Waals surface area contributed by atoms with Crippen molar-refractivity contribution in [2.45, 2.75) is 12.8 Å². The van der Waals surface area contributed by atoms with Crippen LogP contribution in [0.2, 0.25) is 5.02 Å². The molecule has 0 radical (unpaired) electrons. The second-order valence-electron chi connectivity index (χ2n) is 8.23. The highest BCUT2D eigenvalue weighted by Crippen LogP contribution is 2.28. The van der Waals surface area contributed by atoms with Crippen molar-refractivity contribution < 1.29 is 4.79 Å². The van der Waals surface area contributed by atoms with E-state index in [4.69, 9.17) is 11.6 Å². The molecule has 3 aromatic carbocycles. The van der Waals surface area contributed by atoms with Gasteiger partial charge in [-0.05, 0) is 66.9 Å². The molecule has 1 amide bonds. The Hall–Kier alpha value is -3.68. The molecule has 2 N–H and O–H groups in total. The minimum Gasteiger partial charge on any atom is -0.372 e. The number of nitrogens with zero attached hydrogens (tertiary/aromatic N) is 3. The van der Waals surface area contributed by atoms with Crippen LogP contribution in [0.4, 0.5) is 16.5 Å². The van der Waals surface area contributed by atoms with Crippen LogP contribution in [-0.2, 0) is 0 Å². The molecule has 1 aromatic heterocycles. The Morgan fingerprint density at radius 2 is 1.69 bits per heavy atom. The molecule has 35 heavy (non-hydrogen) atoms. The molecule has 1 aliphatic heterocycles. The van der Waals surface area contributed by atoms with Crippen LogP contribution in [0.1, 0.15) is 28.8 Å². The van der Waals surface area contributed by atoms with Crippen LogP contribution < -0.4 is 15.6 Å². The highest BCUT2D eigenvalue weighted by atomic mass is 35.5. The Labute approximate surface area is 213 Å². The smallest absolute Gasteiger partial charge is 0.271 e. The van der Waals surface area contributed by atoms with Gasteiger partial charge >= 0.3 is 0 Å². The zero-order valence-electron chi connectivity index (χ0n) is 18.9. The number of carbonyl (C=O) groups excluding carboxylic acids is 1. The fourth-order valence-corrected chi connectivity index (χ4v) is 4.76. The molecule has 8 heteroatoms. The summed E-state index contributed by atoms with van der Waals surface area (Å²) >= 11 is 7.45. The standard InChI is InChI=1S/C27H24ClN5OS/c28-22-9-11-23(12-10-22)30-27-31-25(18-35-27)20-5-7-21(8-6-20)26(34)32-29-17-19-3-13-24(14-4-19)33-15-1-2-16-33/h3-14,17-18H,1-2,15-16H2,(H,30,31)(H,32,34)/b29-17-. The maximum Gasteiger partial charge on any atom is 0.271 e. The van der Waals surface area contributed by atoms with Crippen LogP contribution >= 0.6 is 22.9 Å². The number of halogens is 1. The third kappa shape index (κ3) is 5.88. The second kappa shape index (κ2) is 10.7. The minimum atomic E-state index is -0.259. The normalized spacial score (nSPS) is 13.3. The molecule has 0 spiro atoms. The van der Waals surface area contributed by atoms with Crippen LogP contribution in [0, 0.1) is 0 Å². The van der Waals surface area contributed by atoms with Crippen molar-refractivity contribution in [2.24, 2.45) is 5.10 Å². The number of aromatic nitrogens is 1. The highest BCUT2D eigenvalue weighted by molar-refractivity contribution is 7.14. The van der Waals surface area contributed by atoms with Crippen molar-refractivity contribution in [3.05, 3.63) is 94.3 Å². The Balaban J connectivity index is 1.16. The fraction of sp³-hybridized carbons (Fsp3) is 0.148. The number of hydrazone groups is 1. The molecule has 2 heterocycles. The topological polar surface area (TPSA) is 69.6 Å². The number of rotatable bonds is 7. The number of nitrogens with one attached hydrogen (secondary N) is 2. The lowest BCUT2D eigenvalue weighted by Gasteiger charge is -2.17. The molecule has 1 saturated heterocycles. The summed E-state index contributed by atoms with van der Waals surface area (Å²) in [6.45, 7) is 2.23. The quantitative estimate of drug-likeness (QED) is 0.222. The number of hydrogen-bond donors (Lipinski definition) is 2. The average molecular weight is 502 g/mol. The Morgan fingerprint density at radius 1 is 0.971 bits per heavy atom. The third-order valence-corrected chi connectivity index (χ3v) is 6.80. The maximum absolute atomic E-state index is 12.5. The molecule has 4 aromatic rings. The Bertz CT molecular complexity index is 1310. The van der Waals surface area contributed by atoms with Gasteiger partial charge in [0.15, 0.2) is 5.13 Å². The summed E-state index contributed by atoms with van der Waals surface area (Å²) in [6.07, 6.45) is 4.16. The molecule has 6 nitrogen and oxygen atoms in total. The molecule has 0 bridgehead atoms. The summed E-state index contributed by atoms with van der Waals surface area (Å²) in [5, 5.41) is 10.8. The molecule has 5 rings (SSSR count). The second-order valence-corrected chi connectivity index (χ2v) is 9.53. The summed E-state index contributed by atoms with van der Waals surface area (Å²) < 4.78 is 0. The average Bonchev–Trinajstić information content (AvgIpc) is 3.59. The Morgan fingerprint density at radius 3 is 2.40 bits per heavy atom. The van der Waals surface area contributed by atoms with Crippen molar-refractivity contribution in [2.75, 3.05) is 23.3 Å². The van der Waals surface area contributed by atoms with Crippen molar-refractivity contribution in [3.63, 3.8) is 0 Å². The first-order chi connectivity index (χ1) is 17.1. The maximum atomic E-state index is 12.5. The summed E-state index contributed by atoms with van der Waals surface area (Å²) in [4.78, 5) is 19.5. The van der Waals surface area contributed by atoms with Gasteiger partial charge in [-0.3, -0.25) is 4.79 Å². The van der Waals surface area contributed by atoms with Gasteiger partial charge < -0.3 is 10.2 Å². The van der Waals surface area contributed by atoms with Gasteiger partial charge in [-0.15, -0.1) is 11.3 Å². The zero-order valence-corrected chi connectivity index (χ0v) is 20.5. The van der Waals surface area contributed by atoms with E-state index in [1.165, 1.54) is 29.9 Å². The lowest BCUT2D eigenvalue weighted by molar-refractivity contribution is 0.0955. The van der Waals surface area contributed by atoms with Gasteiger partial charge in [0.1, 0.15) is 0 Å². The van der Waals surface area contributed by atoms with Gasteiger partial charge in [-0.1, -0.05) is 35.9 Å². The molecular weight excluding hydrogens is 478 g/mol. The zero-order chi connectivity index (χ0) is 24.0. The number of hydrogen-bond acceptors (Lipinski definition) is 6. The van der Waals surface area contributed by atoms with Crippen LogP contribution in [0.5, 0.6) is 0 Å². The van der Waals surface area contributed by atoms with Gasteiger partial charge in [0.2, 0.25) is 0 Å². The van der Waals surface area contributed by atoms with Gasteiger partial charge in [0, 0.05) is 46.0 Å². The van der Waals surface area contributed by atoms with Crippen LogP contribution in [0.3, 0.4) is 0 Å². The van der Waals surface area contributed by atoms with E-state index in [9.17, 15) is 4.79 Å². The molecule has 0 atom stereocenters. The lowest BCUT2D eigenvalue weighted by Crippen LogP contribution is -2.18. The van der Waals surface area contributed by atoms with Crippen molar-refractivity contribution >= 4 is 51.6 Å². The Kier molecular flexibility index (Phi) is 7.07. The van der Waals surface area contributed by atoms with E-state index in [-0.39, 0.29) is 5.91 Å². The summed E-state index contributed by atoms with van der Waals surface area (Å²) in [5.41, 5.74) is 8.00. The predicted molar refractivity (Wildman–Crippen MR) is 145 cm³/mol.